The minimum absolute atomic E-state index is 0.0800. The predicted molar refractivity (Wildman–Crippen MR) is 114 cm³/mol. The summed E-state index contributed by atoms with van der Waals surface area (Å²) in [6.45, 7) is 0.491. The Labute approximate surface area is 187 Å². The molecule has 9 nitrogen and oxygen atoms in total. The molecule has 0 aliphatic rings. The molecule has 2 aromatic rings. The standard InChI is InChI=1S/C20H18Cl2N4O5/c1-30-7-6-24-18(27)12(10-23)8-14-3-4-15(31-14)11-25-19(28)20(29)26-13-2-5-16(21)17(22)9-13/h2-5,8-9H,6-7,11H2,1H3,(H,24,27)(H,25,28)(H,26,29). The number of nitrogens with one attached hydrogen (secondary N) is 3. The van der Waals surface area contributed by atoms with Gasteiger partial charge in [0, 0.05) is 25.4 Å². The molecule has 11 heteroatoms. The van der Waals surface area contributed by atoms with Gasteiger partial charge in [-0.1, -0.05) is 23.2 Å². The van der Waals surface area contributed by atoms with E-state index in [0.717, 1.165) is 0 Å². The summed E-state index contributed by atoms with van der Waals surface area (Å²) < 4.78 is 10.3. The van der Waals surface area contributed by atoms with Gasteiger partial charge in [-0.15, -0.1) is 0 Å². The number of halogens is 2. The molecule has 2 rings (SSSR count). The summed E-state index contributed by atoms with van der Waals surface area (Å²) in [6, 6.07) is 9.26. The molecule has 0 fully saturated rings. The molecule has 3 N–H and O–H groups in total. The molecular weight excluding hydrogens is 447 g/mol. The number of amides is 3. The molecule has 1 aromatic carbocycles. The summed E-state index contributed by atoms with van der Waals surface area (Å²) in [5.74, 6) is -1.80. The number of nitriles is 1. The van der Waals surface area contributed by atoms with Crippen molar-refractivity contribution in [3.8, 4) is 6.07 Å². The van der Waals surface area contributed by atoms with Crippen LogP contribution in [-0.2, 0) is 25.7 Å². The highest BCUT2D eigenvalue weighted by Gasteiger charge is 2.15. The number of furan rings is 1. The first-order valence-electron chi connectivity index (χ1n) is 8.86. The molecule has 0 aliphatic carbocycles. The summed E-state index contributed by atoms with van der Waals surface area (Å²) in [5, 5.41) is 17.0. The third-order valence-electron chi connectivity index (χ3n) is 3.73. The van der Waals surface area contributed by atoms with E-state index in [-0.39, 0.29) is 29.4 Å². The third kappa shape index (κ3) is 7.46. The minimum atomic E-state index is -0.899. The highest BCUT2D eigenvalue weighted by Crippen LogP contribution is 2.24. The number of hydrogen-bond donors (Lipinski definition) is 3. The van der Waals surface area contributed by atoms with Crippen LogP contribution in [-0.4, -0.2) is 38.0 Å². The monoisotopic (exact) mass is 464 g/mol. The van der Waals surface area contributed by atoms with Crippen LogP contribution in [0.25, 0.3) is 6.08 Å². The summed E-state index contributed by atoms with van der Waals surface area (Å²) >= 11 is 11.7. The maximum atomic E-state index is 12.0. The zero-order valence-electron chi connectivity index (χ0n) is 16.3. The van der Waals surface area contributed by atoms with E-state index in [2.05, 4.69) is 16.0 Å². The van der Waals surface area contributed by atoms with Crippen molar-refractivity contribution in [1.82, 2.24) is 10.6 Å². The molecule has 0 spiro atoms. The lowest BCUT2D eigenvalue weighted by Gasteiger charge is -2.06. The lowest BCUT2D eigenvalue weighted by molar-refractivity contribution is -0.136. The van der Waals surface area contributed by atoms with Gasteiger partial charge in [-0.05, 0) is 30.3 Å². The molecule has 0 atom stereocenters. The van der Waals surface area contributed by atoms with E-state index in [9.17, 15) is 14.4 Å². The summed E-state index contributed by atoms with van der Waals surface area (Å²) in [5.41, 5.74) is 0.162. The number of rotatable bonds is 8. The van der Waals surface area contributed by atoms with Gasteiger partial charge in [-0.3, -0.25) is 14.4 Å². The Morgan fingerprint density at radius 2 is 1.87 bits per heavy atom. The van der Waals surface area contributed by atoms with Gasteiger partial charge < -0.3 is 25.1 Å². The summed E-state index contributed by atoms with van der Waals surface area (Å²) in [6.07, 6.45) is 1.27. The fourth-order valence-electron chi connectivity index (χ4n) is 2.23. The van der Waals surface area contributed by atoms with Crippen molar-refractivity contribution >= 4 is 52.7 Å². The van der Waals surface area contributed by atoms with Crippen LogP contribution in [0.4, 0.5) is 5.69 Å². The minimum Gasteiger partial charge on any atom is -0.460 e. The van der Waals surface area contributed by atoms with E-state index < -0.39 is 17.7 Å². The van der Waals surface area contributed by atoms with Crippen LogP contribution in [0, 0.1) is 11.3 Å². The maximum absolute atomic E-state index is 12.0. The molecule has 3 amide bonds. The lowest BCUT2D eigenvalue weighted by Crippen LogP contribution is -2.34. The van der Waals surface area contributed by atoms with Gasteiger partial charge in [0.15, 0.2) is 0 Å². The summed E-state index contributed by atoms with van der Waals surface area (Å²) in [4.78, 5) is 35.9. The van der Waals surface area contributed by atoms with Gasteiger partial charge >= 0.3 is 11.8 Å². The maximum Gasteiger partial charge on any atom is 0.313 e. The molecule has 1 aromatic heterocycles. The average Bonchev–Trinajstić information content (AvgIpc) is 3.20. The van der Waals surface area contributed by atoms with E-state index in [1.54, 1.807) is 12.1 Å². The number of carbonyl (C=O) groups excluding carboxylic acids is 3. The van der Waals surface area contributed by atoms with Crippen LogP contribution in [0.15, 0.2) is 40.3 Å². The zero-order chi connectivity index (χ0) is 22.8. The second-order valence-corrected chi connectivity index (χ2v) is 6.80. The molecule has 0 saturated heterocycles. The van der Waals surface area contributed by atoms with E-state index in [0.29, 0.717) is 23.1 Å². The highest BCUT2D eigenvalue weighted by molar-refractivity contribution is 6.42. The van der Waals surface area contributed by atoms with Crippen molar-refractivity contribution in [1.29, 1.82) is 5.26 Å². The second kappa shape index (κ2) is 11.8. The SMILES string of the molecule is COCCNC(=O)C(C#N)=Cc1ccc(CNC(=O)C(=O)Nc2ccc(Cl)c(Cl)c2)o1. The Bertz CT molecular complexity index is 1040. The Morgan fingerprint density at radius 3 is 2.55 bits per heavy atom. The third-order valence-corrected chi connectivity index (χ3v) is 4.47. The molecule has 0 unspecified atom stereocenters. The number of nitrogens with zero attached hydrogens (tertiary/aromatic N) is 1. The molecule has 0 saturated carbocycles. The first-order valence-corrected chi connectivity index (χ1v) is 9.61. The molecular formula is C20H18Cl2N4O5. The fourth-order valence-corrected chi connectivity index (χ4v) is 2.53. The van der Waals surface area contributed by atoms with Crippen LogP contribution in [0.5, 0.6) is 0 Å². The number of methoxy groups -OCH3 is 1. The average molecular weight is 465 g/mol. The molecule has 0 bridgehead atoms. The van der Waals surface area contributed by atoms with Crippen LogP contribution in [0.3, 0.4) is 0 Å². The zero-order valence-corrected chi connectivity index (χ0v) is 17.8. The van der Waals surface area contributed by atoms with Crippen LogP contribution >= 0.6 is 23.2 Å². The van der Waals surface area contributed by atoms with Gasteiger partial charge in [0.05, 0.1) is 23.2 Å². The van der Waals surface area contributed by atoms with Crippen LogP contribution in [0.2, 0.25) is 10.0 Å². The van der Waals surface area contributed by atoms with Gasteiger partial charge in [-0.2, -0.15) is 5.26 Å². The first kappa shape index (κ1) is 24.0. The van der Waals surface area contributed by atoms with Crippen LogP contribution in [0.1, 0.15) is 11.5 Å². The largest absolute Gasteiger partial charge is 0.460 e. The van der Waals surface area contributed by atoms with Gasteiger partial charge in [0.25, 0.3) is 5.91 Å². The molecule has 0 aliphatic heterocycles. The van der Waals surface area contributed by atoms with E-state index >= 15 is 0 Å². The lowest BCUT2D eigenvalue weighted by atomic mass is 10.2. The normalized spacial score (nSPS) is 10.8. The van der Waals surface area contributed by atoms with Crippen molar-refractivity contribution < 1.29 is 23.5 Å². The van der Waals surface area contributed by atoms with Crippen molar-refractivity contribution in [2.75, 3.05) is 25.6 Å². The smallest absolute Gasteiger partial charge is 0.313 e. The molecule has 162 valence electrons. The fraction of sp³-hybridized carbons (Fsp3) is 0.200. The summed E-state index contributed by atoms with van der Waals surface area (Å²) in [7, 11) is 1.49. The topological polar surface area (TPSA) is 133 Å². The number of benzene rings is 1. The Hall–Kier alpha value is -3.32. The van der Waals surface area contributed by atoms with Gasteiger partial charge in [0.2, 0.25) is 0 Å². The Balaban J connectivity index is 1.91. The molecule has 0 radical (unpaired) electrons. The van der Waals surface area contributed by atoms with Gasteiger partial charge in [-0.25, -0.2) is 0 Å². The van der Waals surface area contributed by atoms with Crippen molar-refractivity contribution in [3.63, 3.8) is 0 Å². The van der Waals surface area contributed by atoms with E-state index in [1.165, 1.54) is 37.5 Å². The number of hydrogen-bond acceptors (Lipinski definition) is 6. The van der Waals surface area contributed by atoms with Crippen molar-refractivity contribution in [2.45, 2.75) is 6.54 Å². The van der Waals surface area contributed by atoms with E-state index in [1.807, 2.05) is 0 Å². The van der Waals surface area contributed by atoms with Gasteiger partial charge in [0.1, 0.15) is 23.2 Å². The van der Waals surface area contributed by atoms with Crippen LogP contribution < -0.4 is 16.0 Å². The highest BCUT2D eigenvalue weighted by atomic mass is 35.5. The van der Waals surface area contributed by atoms with Crippen molar-refractivity contribution in [3.05, 3.63) is 57.5 Å². The Morgan fingerprint density at radius 1 is 1.10 bits per heavy atom. The Kier molecular flexibility index (Phi) is 9.09. The first-order chi connectivity index (χ1) is 14.8. The number of carbonyl (C=O) groups is 3. The van der Waals surface area contributed by atoms with E-state index in [4.69, 9.17) is 37.6 Å². The molecule has 1 heterocycles. The quantitative estimate of drug-likeness (QED) is 0.238. The van der Waals surface area contributed by atoms with Crippen molar-refractivity contribution in [2.24, 2.45) is 0 Å². The molecule has 31 heavy (non-hydrogen) atoms. The second-order valence-electron chi connectivity index (χ2n) is 5.99. The number of anilines is 1. The number of ether oxygens (including phenoxy) is 1. The predicted octanol–water partition coefficient (Wildman–Crippen LogP) is 2.51.